The molecular formula is C42H37Cl3F18N4O6Sn. The predicted molar refractivity (Wildman–Crippen MR) is 238 cm³/mol. The molecule has 4 aromatic rings. The Morgan fingerprint density at radius 2 is 0.932 bits per heavy atom. The zero-order chi connectivity index (χ0) is 56.8. The summed E-state index contributed by atoms with van der Waals surface area (Å²) in [5.41, 5.74) is -13.6. The van der Waals surface area contributed by atoms with Crippen molar-refractivity contribution < 1.29 is 103 Å². The number of nitrogens with one attached hydrogen (secondary N) is 2. The van der Waals surface area contributed by atoms with Crippen LogP contribution in [0.25, 0.3) is 0 Å². The number of alkyl halides is 18. The van der Waals surface area contributed by atoms with Crippen LogP contribution in [0.5, 0.6) is 11.5 Å². The molecule has 10 nitrogen and oxygen atoms in total. The number of ether oxygens (including phenoxy) is 2. The molecular weight excluding hydrogens is 1220 g/mol. The van der Waals surface area contributed by atoms with Gasteiger partial charge in [0.05, 0.1) is 36.0 Å². The number of nitrogen functional groups attached to an aromatic ring is 1. The molecule has 4 N–H and O–H groups in total. The first kappa shape index (κ1) is 67.0. The number of hydrogen-bond acceptors (Lipinski definition) is 7. The van der Waals surface area contributed by atoms with E-state index in [4.69, 9.17) is 33.0 Å². The van der Waals surface area contributed by atoms with Gasteiger partial charge in [0.2, 0.25) is 5.75 Å². The van der Waals surface area contributed by atoms with Gasteiger partial charge in [-0.2, -0.15) is 70.2 Å². The van der Waals surface area contributed by atoms with E-state index in [9.17, 15) is 98.7 Å². The van der Waals surface area contributed by atoms with Gasteiger partial charge in [-0.05, 0) is 79.3 Å². The molecule has 0 spiro atoms. The van der Waals surface area contributed by atoms with Crippen LogP contribution in [-0.2, 0) is 24.2 Å². The maximum atomic E-state index is 14.9. The number of halogens is 21. The van der Waals surface area contributed by atoms with Crippen molar-refractivity contribution in [3.63, 3.8) is 0 Å². The number of rotatable bonds is 13. The predicted octanol–water partition coefficient (Wildman–Crippen LogP) is 14.4. The van der Waals surface area contributed by atoms with Gasteiger partial charge in [0.1, 0.15) is 0 Å². The molecule has 2 atom stereocenters. The number of hydrogen-bond donors (Lipinski definition) is 3. The Balaban J connectivity index is 0.000000694. The van der Waals surface area contributed by atoms with Crippen molar-refractivity contribution in [1.29, 1.82) is 0 Å². The average molecular weight is 1260 g/mol. The van der Waals surface area contributed by atoms with Crippen LogP contribution in [0.15, 0.2) is 60.7 Å². The monoisotopic (exact) mass is 1260 g/mol. The van der Waals surface area contributed by atoms with Crippen molar-refractivity contribution in [2.75, 3.05) is 30.6 Å². The molecule has 0 aliphatic heterocycles. The van der Waals surface area contributed by atoms with E-state index < -0.39 is 123 Å². The molecule has 2 radical (unpaired) electrons. The topological polar surface area (TPSA) is 146 Å². The second-order valence-electron chi connectivity index (χ2n) is 14.8. The number of aryl methyl sites for hydroxylation is 4. The van der Waals surface area contributed by atoms with Crippen molar-refractivity contribution in [3.8, 4) is 11.5 Å². The number of nitro groups is 1. The van der Waals surface area contributed by atoms with Crippen LogP contribution < -0.4 is 25.8 Å². The van der Waals surface area contributed by atoms with E-state index >= 15 is 0 Å². The van der Waals surface area contributed by atoms with Crippen LogP contribution in [0.1, 0.15) is 67.9 Å². The third kappa shape index (κ3) is 13.2. The van der Waals surface area contributed by atoms with Gasteiger partial charge in [-0.15, -0.1) is 12.4 Å². The van der Waals surface area contributed by atoms with Crippen LogP contribution >= 0.6 is 30.2 Å². The van der Waals surface area contributed by atoms with Gasteiger partial charge in [0.25, 0.3) is 11.8 Å². The molecule has 4 aromatic carbocycles. The molecule has 0 saturated heterocycles. The fraction of sp³-hybridized carbons (Fsp3) is 0.381. The summed E-state index contributed by atoms with van der Waals surface area (Å²) in [4.78, 5) is 35.8. The fourth-order valence-corrected chi connectivity index (χ4v) is 6.86. The molecule has 0 fully saturated rings. The summed E-state index contributed by atoms with van der Waals surface area (Å²) >= 11 is -0.826. The van der Waals surface area contributed by atoms with Gasteiger partial charge in [-0.1, -0.05) is 38.1 Å². The van der Waals surface area contributed by atoms with E-state index in [0.29, 0.717) is 0 Å². The first-order valence-corrected chi connectivity index (χ1v) is 26.9. The quantitative estimate of drug-likeness (QED) is 0.0397. The summed E-state index contributed by atoms with van der Waals surface area (Å²) in [5, 5.41) is 15.7. The van der Waals surface area contributed by atoms with E-state index in [1.807, 2.05) is 0 Å². The Morgan fingerprint density at radius 1 is 0.608 bits per heavy atom. The Labute approximate surface area is 430 Å². The van der Waals surface area contributed by atoms with E-state index in [-0.39, 0.29) is 89.0 Å². The molecule has 0 saturated carbocycles. The van der Waals surface area contributed by atoms with Gasteiger partial charge < -0.3 is 25.8 Å². The van der Waals surface area contributed by atoms with Gasteiger partial charge in [0, 0.05) is 28.6 Å². The first-order valence-electron chi connectivity index (χ1n) is 19.7. The van der Waals surface area contributed by atoms with Crippen LogP contribution in [0.3, 0.4) is 0 Å². The molecule has 2 unspecified atom stereocenters. The van der Waals surface area contributed by atoms with Gasteiger partial charge >= 0.3 is 90.3 Å². The molecule has 2 amide bonds. The van der Waals surface area contributed by atoms with Crippen LogP contribution in [0.2, 0.25) is 0 Å². The molecule has 0 heterocycles. The van der Waals surface area contributed by atoms with Gasteiger partial charge in [-0.3, -0.25) is 19.7 Å². The Morgan fingerprint density at radius 3 is 1.22 bits per heavy atom. The number of nitrogens with zero attached hydrogens (tertiary/aromatic N) is 1. The summed E-state index contributed by atoms with van der Waals surface area (Å²) in [6.07, 6.45) is -27.6. The number of anilines is 3. The van der Waals surface area contributed by atoms with Crippen molar-refractivity contribution in [3.05, 3.63) is 115 Å². The van der Waals surface area contributed by atoms with Gasteiger partial charge in [0.15, 0.2) is 5.75 Å². The second-order valence-corrected chi connectivity index (χ2v) is 19.1. The van der Waals surface area contributed by atoms with Gasteiger partial charge in [-0.25, -0.2) is 8.78 Å². The third-order valence-corrected chi connectivity index (χ3v) is 10.4. The minimum atomic E-state index is -6.89. The van der Waals surface area contributed by atoms with Crippen LogP contribution in [-0.4, -0.2) is 86.4 Å². The number of benzene rings is 4. The third-order valence-electron chi connectivity index (χ3n) is 10.4. The maximum absolute atomic E-state index is 14.9. The minimum absolute atomic E-state index is 0. The van der Waals surface area contributed by atoms with Crippen molar-refractivity contribution in [1.82, 2.24) is 0 Å². The molecule has 0 bridgehead atoms. The Bertz CT molecular complexity index is 2660. The molecule has 32 heteroatoms. The zero-order valence-corrected chi connectivity index (χ0v) is 43.3. The number of amides is 2. The van der Waals surface area contributed by atoms with Crippen LogP contribution in [0.4, 0.5) is 102 Å². The second kappa shape index (κ2) is 24.8. The number of methoxy groups -OCH3 is 2. The summed E-state index contributed by atoms with van der Waals surface area (Å²) in [6, 6.07) is 8.09. The molecule has 412 valence electrons. The van der Waals surface area contributed by atoms with Crippen molar-refractivity contribution in [2.45, 2.75) is 88.4 Å². The van der Waals surface area contributed by atoms with Crippen LogP contribution in [0, 0.1) is 24.0 Å². The van der Waals surface area contributed by atoms with E-state index in [1.165, 1.54) is 39.2 Å². The number of carbonyl (C=O) groups excluding carboxylic acids is 2. The van der Waals surface area contributed by atoms with Crippen molar-refractivity contribution >= 4 is 83.7 Å². The summed E-state index contributed by atoms with van der Waals surface area (Å²) in [6.45, 7) is 4.56. The van der Waals surface area contributed by atoms with E-state index in [0.717, 1.165) is 39.2 Å². The summed E-state index contributed by atoms with van der Waals surface area (Å²) in [7, 11) is 12.1. The van der Waals surface area contributed by atoms with Crippen molar-refractivity contribution in [2.24, 2.45) is 0 Å². The first-order chi connectivity index (χ1) is 33.2. The van der Waals surface area contributed by atoms with E-state index in [1.54, 1.807) is 0 Å². The zero-order valence-electron chi connectivity index (χ0n) is 38.1. The molecule has 4 rings (SSSR count). The number of nitrogens with two attached hydrogens (primary N) is 1. The average Bonchev–Trinajstić information content (AvgIpc) is 3.27. The molecule has 74 heavy (non-hydrogen) atoms. The SMILES string of the molecule is CCc1cc(C(F)(C(F)(F)F)C(F)(F)C(F)(F)F)cc(C)c1NC(=O)c1cccc(N)c1OC.CCc1cc(C(F)(C(F)(F)F)C(F)(F)C(F)(F)F)cc(C)c1NC(=O)c1cccc([N+](=O)[O-])c1OC.Cl.[Cl][Sn][Cl]. The summed E-state index contributed by atoms with van der Waals surface area (Å²) in [5.74, 6) is -16.1. The Kier molecular flexibility index (Phi) is 22.5. The normalized spacial score (nSPS) is 13.8. The Hall–Kier alpha value is -4.97. The molecule has 0 aromatic heterocycles. The fourth-order valence-electron chi connectivity index (χ4n) is 6.86. The number of nitro benzene ring substituents is 1. The molecule has 0 aliphatic carbocycles. The molecule has 0 aliphatic rings. The van der Waals surface area contributed by atoms with E-state index in [2.05, 4.69) is 10.6 Å². The number of para-hydroxylation sites is 2. The number of carbonyl (C=O) groups is 2. The standard InChI is InChI=1S/C21H17F9N2O4.C21H19F9N2O2.3ClH.Sn/c1-4-11-9-12(18(22,20(25,26)27)19(23,24)21(28,29)30)8-10(2)15(11)31-17(33)13-6-5-7-14(32(34)35)16(13)36-3;1-4-11-9-12(18(22,20(25,26)27)19(23,24)21(28,29)30)8-10(2)15(11)32-17(33)13-6-5-7-14(31)16(13)34-3;;;;/h5-9H,4H2,1-3H3,(H,31,33);5-9H,4,31H2,1-3H3,(H,32,33);3*1H;/q;;;;;+2/p-2. The summed E-state index contributed by atoms with van der Waals surface area (Å²) < 4.78 is 252.